The average Bonchev–Trinajstić information content (AvgIpc) is 2.33. The van der Waals surface area contributed by atoms with Crippen molar-refractivity contribution in [2.24, 2.45) is 0 Å². The van der Waals surface area contributed by atoms with Gasteiger partial charge >= 0.3 is 0 Å². The molecule has 0 radical (unpaired) electrons. The molecule has 0 aromatic heterocycles. The Morgan fingerprint density at radius 2 is 2.12 bits per heavy atom. The van der Waals surface area contributed by atoms with Crippen molar-refractivity contribution in [3.8, 4) is 5.75 Å². The smallest absolute Gasteiger partial charge is 0.186 e. The standard InChI is InChI=1S/C13H16O3S/c1-11(15)17-10-2-3-12-4-6-13(7-5-12)16-9-8-14/h2-7,14H,8-10H2,1H3. The largest absolute Gasteiger partial charge is 0.491 e. The number of carbonyl (C=O) groups is 1. The second-order valence-corrected chi connectivity index (χ2v) is 4.54. The molecule has 0 aliphatic heterocycles. The SMILES string of the molecule is CC(=O)SCC=Cc1ccc(OCCO)cc1. The van der Waals surface area contributed by atoms with Crippen LogP contribution in [0.4, 0.5) is 0 Å². The number of thioether (sulfide) groups is 1. The molecule has 3 nitrogen and oxygen atoms in total. The first-order valence-corrected chi connectivity index (χ1v) is 6.34. The zero-order valence-electron chi connectivity index (χ0n) is 9.76. The molecule has 0 bridgehead atoms. The number of aliphatic hydroxyl groups excluding tert-OH is 1. The normalized spacial score (nSPS) is 10.7. The van der Waals surface area contributed by atoms with Crippen molar-refractivity contribution in [2.75, 3.05) is 19.0 Å². The summed E-state index contributed by atoms with van der Waals surface area (Å²) in [5, 5.41) is 8.73. The predicted molar refractivity (Wildman–Crippen MR) is 71.2 cm³/mol. The summed E-state index contributed by atoms with van der Waals surface area (Å²) in [6.07, 6.45) is 3.92. The van der Waals surface area contributed by atoms with Crippen molar-refractivity contribution in [1.82, 2.24) is 0 Å². The molecule has 0 saturated carbocycles. The van der Waals surface area contributed by atoms with Crippen LogP contribution in [0.5, 0.6) is 5.75 Å². The van der Waals surface area contributed by atoms with Crippen LogP contribution in [0.15, 0.2) is 30.3 Å². The van der Waals surface area contributed by atoms with Crippen LogP contribution in [0.2, 0.25) is 0 Å². The number of aliphatic hydroxyl groups is 1. The molecule has 4 heteroatoms. The van der Waals surface area contributed by atoms with Crippen LogP contribution < -0.4 is 4.74 Å². The van der Waals surface area contributed by atoms with E-state index in [-0.39, 0.29) is 11.7 Å². The van der Waals surface area contributed by atoms with Gasteiger partial charge in [0.2, 0.25) is 0 Å². The molecule has 1 N–H and O–H groups in total. The summed E-state index contributed by atoms with van der Waals surface area (Å²) < 4.78 is 5.24. The molecule has 0 amide bonds. The second-order valence-electron chi connectivity index (χ2n) is 3.35. The van der Waals surface area contributed by atoms with Gasteiger partial charge in [0.1, 0.15) is 12.4 Å². The Labute approximate surface area is 105 Å². The fourth-order valence-corrected chi connectivity index (χ4v) is 1.62. The Morgan fingerprint density at radius 1 is 1.41 bits per heavy atom. The first-order chi connectivity index (χ1) is 8.22. The molecule has 92 valence electrons. The summed E-state index contributed by atoms with van der Waals surface area (Å²) in [4.78, 5) is 10.7. The number of rotatable bonds is 6. The van der Waals surface area contributed by atoms with Crippen LogP contribution in [-0.2, 0) is 4.79 Å². The van der Waals surface area contributed by atoms with E-state index in [2.05, 4.69) is 0 Å². The van der Waals surface area contributed by atoms with Gasteiger partial charge in [0.05, 0.1) is 6.61 Å². The van der Waals surface area contributed by atoms with Gasteiger partial charge in [-0.2, -0.15) is 0 Å². The van der Waals surface area contributed by atoms with Crippen LogP contribution >= 0.6 is 11.8 Å². The summed E-state index contributed by atoms with van der Waals surface area (Å²) in [6.45, 7) is 1.89. The Morgan fingerprint density at radius 3 is 2.71 bits per heavy atom. The summed E-state index contributed by atoms with van der Waals surface area (Å²) in [7, 11) is 0. The molecule has 17 heavy (non-hydrogen) atoms. The monoisotopic (exact) mass is 252 g/mol. The molecule has 1 rings (SSSR count). The molecule has 1 aromatic rings. The maximum absolute atomic E-state index is 10.7. The molecule has 0 saturated heterocycles. The third kappa shape index (κ3) is 6.14. The summed E-state index contributed by atoms with van der Waals surface area (Å²) in [5.41, 5.74) is 1.06. The molecule has 0 spiro atoms. The van der Waals surface area contributed by atoms with Crippen LogP contribution in [0.3, 0.4) is 0 Å². The molecule has 0 fully saturated rings. The van der Waals surface area contributed by atoms with Gasteiger partial charge in [-0.3, -0.25) is 4.79 Å². The molecule has 0 unspecified atom stereocenters. The van der Waals surface area contributed by atoms with Gasteiger partial charge < -0.3 is 9.84 Å². The Balaban J connectivity index is 2.42. The van der Waals surface area contributed by atoms with Crippen molar-refractivity contribution >= 4 is 23.0 Å². The molecule has 0 atom stereocenters. The van der Waals surface area contributed by atoms with Gasteiger partial charge in [0, 0.05) is 12.7 Å². The fraction of sp³-hybridized carbons (Fsp3) is 0.308. The van der Waals surface area contributed by atoms with Gasteiger partial charge in [0.15, 0.2) is 5.12 Å². The minimum atomic E-state index is 0.0178. The number of benzene rings is 1. The van der Waals surface area contributed by atoms with Crippen LogP contribution in [0, 0.1) is 0 Å². The van der Waals surface area contributed by atoms with E-state index >= 15 is 0 Å². The summed E-state index contributed by atoms with van der Waals surface area (Å²) in [5.74, 6) is 1.44. The maximum atomic E-state index is 10.7. The highest BCUT2D eigenvalue weighted by Crippen LogP contribution is 2.13. The lowest BCUT2D eigenvalue weighted by atomic mass is 10.2. The molecule has 0 aliphatic carbocycles. The van der Waals surface area contributed by atoms with Gasteiger partial charge in [0.25, 0.3) is 0 Å². The van der Waals surface area contributed by atoms with Crippen LogP contribution in [0.1, 0.15) is 12.5 Å². The quantitative estimate of drug-likeness (QED) is 0.844. The van der Waals surface area contributed by atoms with E-state index in [9.17, 15) is 4.79 Å². The third-order valence-electron chi connectivity index (χ3n) is 1.93. The molecular weight excluding hydrogens is 236 g/mol. The fourth-order valence-electron chi connectivity index (χ4n) is 1.19. The first kappa shape index (κ1) is 13.8. The number of carbonyl (C=O) groups excluding carboxylic acids is 1. The van der Waals surface area contributed by atoms with Crippen molar-refractivity contribution in [2.45, 2.75) is 6.92 Å². The van der Waals surface area contributed by atoms with E-state index in [4.69, 9.17) is 9.84 Å². The molecule has 0 heterocycles. The number of hydrogen-bond acceptors (Lipinski definition) is 4. The zero-order chi connectivity index (χ0) is 12.5. The number of ether oxygens (including phenoxy) is 1. The van der Waals surface area contributed by atoms with E-state index in [0.29, 0.717) is 12.4 Å². The van der Waals surface area contributed by atoms with E-state index in [1.54, 1.807) is 6.92 Å². The first-order valence-electron chi connectivity index (χ1n) is 5.36. The molecule has 1 aromatic carbocycles. The lowest BCUT2D eigenvalue weighted by Gasteiger charge is -2.03. The maximum Gasteiger partial charge on any atom is 0.186 e. The lowest BCUT2D eigenvalue weighted by Crippen LogP contribution is -2.01. The van der Waals surface area contributed by atoms with Crippen molar-refractivity contribution in [1.29, 1.82) is 0 Å². The number of hydrogen-bond donors (Lipinski definition) is 1. The Bertz CT molecular complexity index is 371. The van der Waals surface area contributed by atoms with E-state index in [1.165, 1.54) is 11.8 Å². The highest BCUT2D eigenvalue weighted by molar-refractivity contribution is 8.13. The summed E-state index contributed by atoms with van der Waals surface area (Å²) >= 11 is 1.29. The van der Waals surface area contributed by atoms with Gasteiger partial charge in [-0.15, -0.1) is 0 Å². The minimum Gasteiger partial charge on any atom is -0.491 e. The lowest BCUT2D eigenvalue weighted by molar-refractivity contribution is -0.109. The zero-order valence-corrected chi connectivity index (χ0v) is 10.6. The Hall–Kier alpha value is -1.26. The van der Waals surface area contributed by atoms with Crippen LogP contribution in [-0.4, -0.2) is 29.2 Å². The predicted octanol–water partition coefficient (Wildman–Crippen LogP) is 2.35. The second kappa shape index (κ2) is 7.92. The van der Waals surface area contributed by atoms with E-state index < -0.39 is 0 Å². The van der Waals surface area contributed by atoms with E-state index in [0.717, 1.165) is 11.3 Å². The van der Waals surface area contributed by atoms with Gasteiger partial charge in [-0.25, -0.2) is 0 Å². The van der Waals surface area contributed by atoms with E-state index in [1.807, 2.05) is 36.4 Å². The van der Waals surface area contributed by atoms with Gasteiger partial charge in [-0.1, -0.05) is 36.0 Å². The third-order valence-corrected chi connectivity index (χ3v) is 2.70. The topological polar surface area (TPSA) is 46.5 Å². The highest BCUT2D eigenvalue weighted by atomic mass is 32.2. The highest BCUT2D eigenvalue weighted by Gasteiger charge is 1.93. The molecular formula is C13H16O3S. The molecule has 0 aliphatic rings. The summed E-state index contributed by atoms with van der Waals surface area (Å²) in [6, 6.07) is 7.57. The van der Waals surface area contributed by atoms with Gasteiger partial charge in [-0.05, 0) is 17.7 Å². The Kier molecular flexibility index (Phi) is 6.43. The minimum absolute atomic E-state index is 0.0178. The van der Waals surface area contributed by atoms with Crippen molar-refractivity contribution in [3.05, 3.63) is 35.9 Å². The van der Waals surface area contributed by atoms with Crippen molar-refractivity contribution < 1.29 is 14.6 Å². The average molecular weight is 252 g/mol. The van der Waals surface area contributed by atoms with Crippen molar-refractivity contribution in [3.63, 3.8) is 0 Å². The van der Waals surface area contributed by atoms with Crippen LogP contribution in [0.25, 0.3) is 6.08 Å².